The van der Waals surface area contributed by atoms with Crippen LogP contribution in [0.3, 0.4) is 0 Å². The summed E-state index contributed by atoms with van der Waals surface area (Å²) in [5.74, 6) is -3.85. The van der Waals surface area contributed by atoms with Gasteiger partial charge in [0.1, 0.15) is 12.1 Å². The number of primary amides is 1. The SMILES string of the molecule is NC(=O)CCC(N)C(=O)NC(Cc1c[nH]c2ccccc12)C(=O)NCC(=O)NC(Cc1ccccc1)C(=O)O. The highest BCUT2D eigenvalue weighted by Gasteiger charge is 2.26. The normalized spacial score (nSPS) is 13.2. The standard InChI is InChI=1S/C27H32N6O6/c28-19(10-11-23(29)34)25(36)33-21(13-17-14-30-20-9-5-4-8-18(17)20)26(37)31-15-24(35)32-22(27(38)39)12-16-6-2-1-3-7-16/h1-9,14,19,21-22,30H,10-13,15,28H2,(H2,29,34)(H,31,37)(H,32,35)(H,33,36)(H,38,39). The van der Waals surface area contributed by atoms with E-state index in [4.69, 9.17) is 11.5 Å². The van der Waals surface area contributed by atoms with Crippen molar-refractivity contribution in [3.05, 3.63) is 71.9 Å². The van der Waals surface area contributed by atoms with Gasteiger partial charge in [0.25, 0.3) is 0 Å². The number of hydrogen-bond acceptors (Lipinski definition) is 6. The van der Waals surface area contributed by atoms with Gasteiger partial charge < -0.3 is 37.5 Å². The predicted octanol–water partition coefficient (Wildman–Crippen LogP) is -0.284. The lowest BCUT2D eigenvalue weighted by atomic mass is 10.0. The Morgan fingerprint density at radius 3 is 2.26 bits per heavy atom. The average molecular weight is 537 g/mol. The third-order valence-electron chi connectivity index (χ3n) is 6.11. The summed E-state index contributed by atoms with van der Waals surface area (Å²) in [7, 11) is 0. The van der Waals surface area contributed by atoms with Crippen molar-refractivity contribution in [1.82, 2.24) is 20.9 Å². The zero-order valence-corrected chi connectivity index (χ0v) is 21.2. The van der Waals surface area contributed by atoms with E-state index in [0.717, 1.165) is 22.0 Å². The minimum absolute atomic E-state index is 0.00296. The summed E-state index contributed by atoms with van der Waals surface area (Å²) in [6.07, 6.45) is 1.78. The van der Waals surface area contributed by atoms with Gasteiger partial charge in [-0.05, 0) is 23.6 Å². The monoisotopic (exact) mass is 536 g/mol. The van der Waals surface area contributed by atoms with Crippen LogP contribution >= 0.6 is 0 Å². The molecule has 0 fully saturated rings. The topological polar surface area (TPSA) is 209 Å². The zero-order chi connectivity index (χ0) is 28.4. The maximum absolute atomic E-state index is 13.1. The first-order valence-corrected chi connectivity index (χ1v) is 12.4. The number of nitrogens with one attached hydrogen (secondary N) is 4. The number of para-hydroxylation sites is 1. The van der Waals surface area contributed by atoms with Gasteiger partial charge in [0.15, 0.2) is 0 Å². The molecule has 3 aromatic rings. The molecule has 0 aliphatic heterocycles. The number of amides is 4. The Kier molecular flexibility index (Phi) is 10.2. The van der Waals surface area contributed by atoms with E-state index in [2.05, 4.69) is 20.9 Å². The first-order valence-electron chi connectivity index (χ1n) is 12.4. The second-order valence-electron chi connectivity index (χ2n) is 9.10. The summed E-state index contributed by atoms with van der Waals surface area (Å²) in [6.45, 7) is -0.509. The van der Waals surface area contributed by atoms with E-state index in [-0.39, 0.29) is 25.7 Å². The van der Waals surface area contributed by atoms with Crippen LogP contribution in [-0.4, -0.2) is 64.4 Å². The molecule has 0 radical (unpaired) electrons. The van der Waals surface area contributed by atoms with Crippen molar-refractivity contribution in [2.45, 2.75) is 43.8 Å². The summed E-state index contributed by atoms with van der Waals surface area (Å²) in [6, 6.07) is 12.9. The van der Waals surface area contributed by atoms with Gasteiger partial charge in [0.05, 0.1) is 12.6 Å². The highest BCUT2D eigenvalue weighted by molar-refractivity contribution is 5.93. The number of aliphatic carboxylic acids is 1. The molecule has 12 nitrogen and oxygen atoms in total. The maximum atomic E-state index is 13.1. The molecule has 0 aliphatic rings. The Hall–Kier alpha value is -4.71. The Morgan fingerprint density at radius 1 is 0.872 bits per heavy atom. The van der Waals surface area contributed by atoms with E-state index in [1.165, 1.54) is 0 Å². The molecule has 0 saturated carbocycles. The van der Waals surface area contributed by atoms with Gasteiger partial charge in [0, 0.05) is 36.4 Å². The second-order valence-corrected chi connectivity index (χ2v) is 9.10. The largest absolute Gasteiger partial charge is 0.480 e. The van der Waals surface area contributed by atoms with Crippen molar-refractivity contribution in [3.63, 3.8) is 0 Å². The molecule has 39 heavy (non-hydrogen) atoms. The van der Waals surface area contributed by atoms with E-state index in [1.807, 2.05) is 24.3 Å². The molecule has 9 N–H and O–H groups in total. The van der Waals surface area contributed by atoms with Gasteiger partial charge in [-0.15, -0.1) is 0 Å². The van der Waals surface area contributed by atoms with Crippen molar-refractivity contribution in [2.24, 2.45) is 11.5 Å². The summed E-state index contributed by atoms with van der Waals surface area (Å²) in [4.78, 5) is 64.1. The second kappa shape index (κ2) is 13.7. The fourth-order valence-electron chi connectivity index (χ4n) is 4.02. The van der Waals surface area contributed by atoms with Crippen LogP contribution in [0.15, 0.2) is 60.8 Å². The molecule has 2 aromatic carbocycles. The van der Waals surface area contributed by atoms with Gasteiger partial charge in [0.2, 0.25) is 23.6 Å². The van der Waals surface area contributed by atoms with Crippen molar-refractivity contribution in [1.29, 1.82) is 0 Å². The van der Waals surface area contributed by atoms with Crippen LogP contribution < -0.4 is 27.4 Å². The van der Waals surface area contributed by atoms with Crippen LogP contribution in [0.1, 0.15) is 24.0 Å². The molecule has 1 aromatic heterocycles. The Labute approximate surface area is 224 Å². The van der Waals surface area contributed by atoms with E-state index >= 15 is 0 Å². The molecular formula is C27H32N6O6. The smallest absolute Gasteiger partial charge is 0.326 e. The highest BCUT2D eigenvalue weighted by atomic mass is 16.4. The Bertz CT molecular complexity index is 1320. The van der Waals surface area contributed by atoms with Crippen molar-refractivity contribution in [3.8, 4) is 0 Å². The van der Waals surface area contributed by atoms with Gasteiger partial charge in [-0.25, -0.2) is 4.79 Å². The number of nitrogens with two attached hydrogens (primary N) is 2. The third kappa shape index (κ3) is 8.68. The van der Waals surface area contributed by atoms with Crippen molar-refractivity contribution >= 4 is 40.5 Å². The number of rotatable bonds is 14. The summed E-state index contributed by atoms with van der Waals surface area (Å²) in [5, 5.41) is 17.8. The lowest BCUT2D eigenvalue weighted by molar-refractivity contribution is -0.141. The Morgan fingerprint density at radius 2 is 1.56 bits per heavy atom. The van der Waals surface area contributed by atoms with Crippen LogP contribution in [0.5, 0.6) is 0 Å². The highest BCUT2D eigenvalue weighted by Crippen LogP contribution is 2.19. The van der Waals surface area contributed by atoms with Gasteiger partial charge in [-0.1, -0.05) is 48.5 Å². The first kappa shape index (κ1) is 28.9. The summed E-state index contributed by atoms with van der Waals surface area (Å²) < 4.78 is 0. The average Bonchev–Trinajstić information content (AvgIpc) is 3.32. The van der Waals surface area contributed by atoms with Gasteiger partial charge in [-0.2, -0.15) is 0 Å². The molecule has 0 bridgehead atoms. The summed E-state index contributed by atoms with van der Waals surface area (Å²) in [5.41, 5.74) is 13.3. The fourth-order valence-corrected chi connectivity index (χ4v) is 4.02. The quantitative estimate of drug-likeness (QED) is 0.146. The molecule has 206 valence electrons. The van der Waals surface area contributed by atoms with Crippen LogP contribution in [0, 0.1) is 0 Å². The first-order chi connectivity index (χ1) is 18.6. The van der Waals surface area contributed by atoms with Crippen molar-refractivity contribution in [2.75, 3.05) is 6.54 Å². The molecule has 3 atom stereocenters. The number of carbonyl (C=O) groups excluding carboxylic acids is 4. The number of aromatic nitrogens is 1. The molecule has 3 rings (SSSR count). The minimum atomic E-state index is -1.21. The number of carboxylic acid groups (broad SMARTS) is 1. The number of aromatic amines is 1. The molecular weight excluding hydrogens is 504 g/mol. The molecule has 0 saturated heterocycles. The van der Waals surface area contributed by atoms with Crippen molar-refractivity contribution < 1.29 is 29.1 Å². The number of carboxylic acids is 1. The number of benzene rings is 2. The molecule has 1 heterocycles. The van der Waals surface area contributed by atoms with E-state index in [9.17, 15) is 29.1 Å². The lowest BCUT2D eigenvalue weighted by Gasteiger charge is -2.21. The van der Waals surface area contributed by atoms with Crippen LogP contribution in [0.25, 0.3) is 10.9 Å². The number of carbonyl (C=O) groups is 5. The number of H-pyrrole nitrogens is 1. The number of fused-ring (bicyclic) bond motifs is 1. The van der Waals surface area contributed by atoms with Gasteiger partial charge in [-0.3, -0.25) is 19.2 Å². The van der Waals surface area contributed by atoms with Crippen LogP contribution in [0.2, 0.25) is 0 Å². The summed E-state index contributed by atoms with van der Waals surface area (Å²) >= 11 is 0. The Balaban J connectivity index is 1.66. The van der Waals surface area contributed by atoms with Crippen LogP contribution in [0.4, 0.5) is 0 Å². The fraction of sp³-hybridized carbons (Fsp3) is 0.296. The van der Waals surface area contributed by atoms with E-state index in [0.29, 0.717) is 0 Å². The maximum Gasteiger partial charge on any atom is 0.326 e. The molecule has 3 unspecified atom stereocenters. The third-order valence-corrected chi connectivity index (χ3v) is 6.11. The molecule has 12 heteroatoms. The predicted molar refractivity (Wildman–Crippen MR) is 143 cm³/mol. The van der Waals surface area contributed by atoms with E-state index < -0.39 is 54.3 Å². The lowest BCUT2D eigenvalue weighted by Crippen LogP contribution is -2.54. The molecule has 4 amide bonds. The minimum Gasteiger partial charge on any atom is -0.480 e. The molecule has 0 spiro atoms. The van der Waals surface area contributed by atoms with E-state index in [1.54, 1.807) is 36.5 Å². The number of hydrogen-bond donors (Lipinski definition) is 7. The zero-order valence-electron chi connectivity index (χ0n) is 21.2. The van der Waals surface area contributed by atoms with Gasteiger partial charge >= 0.3 is 5.97 Å². The molecule has 0 aliphatic carbocycles. The van der Waals surface area contributed by atoms with Crippen LogP contribution in [-0.2, 0) is 36.8 Å².